The quantitative estimate of drug-likeness (QED) is 0.238. The number of hydrogen-bond donors (Lipinski definition) is 2. The van der Waals surface area contributed by atoms with Gasteiger partial charge in [0.1, 0.15) is 11.2 Å². The van der Waals surface area contributed by atoms with Crippen LogP contribution >= 0.6 is 0 Å². The van der Waals surface area contributed by atoms with Crippen molar-refractivity contribution >= 4 is 35.8 Å². The van der Waals surface area contributed by atoms with Gasteiger partial charge in [0.15, 0.2) is 0 Å². The fourth-order valence-corrected chi connectivity index (χ4v) is 1.37. The maximum Gasteiger partial charge on any atom is 2.00 e. The van der Waals surface area contributed by atoms with Gasteiger partial charge in [-0.2, -0.15) is 0 Å². The van der Waals surface area contributed by atoms with Gasteiger partial charge in [0.2, 0.25) is 0 Å². The predicted molar refractivity (Wildman–Crippen MR) is 65.6 cm³/mol. The van der Waals surface area contributed by atoms with Crippen molar-refractivity contribution in [2.45, 2.75) is 36.9 Å². The second-order valence-corrected chi connectivity index (χ2v) is 4.83. The molecule has 0 aromatic rings. The van der Waals surface area contributed by atoms with Crippen molar-refractivity contribution in [1.82, 2.24) is 0 Å². The monoisotopic (exact) mass is 591 g/mol. The van der Waals surface area contributed by atoms with Gasteiger partial charge in [-0.15, -0.1) is 0 Å². The molecule has 0 saturated heterocycles. The molecule has 0 unspecified atom stereocenters. The molecule has 0 aliphatic heterocycles. The summed E-state index contributed by atoms with van der Waals surface area (Å²) in [6, 6.07) is 0. The number of aliphatic carboxylic acids is 6. The van der Waals surface area contributed by atoms with E-state index in [0.29, 0.717) is 0 Å². The van der Waals surface area contributed by atoms with Crippen molar-refractivity contribution in [1.29, 1.82) is 0 Å². The average molecular weight is 591 g/mol. The normalized spacial score (nSPS) is 9.10. The molecule has 0 rings (SSSR count). The molecule has 0 spiro atoms. The summed E-state index contributed by atoms with van der Waals surface area (Å²) >= 11 is 0. The summed E-state index contributed by atoms with van der Waals surface area (Å²) in [6.45, 7) is 0. The van der Waals surface area contributed by atoms with E-state index in [2.05, 4.69) is 0 Å². The number of aliphatic hydroxyl groups is 2. The summed E-state index contributed by atoms with van der Waals surface area (Å²) in [5, 5.41) is 77.9. The van der Waals surface area contributed by atoms with Gasteiger partial charge in [0, 0.05) is 66.3 Å². The van der Waals surface area contributed by atoms with Gasteiger partial charge in [0.05, 0.1) is 11.9 Å². The van der Waals surface area contributed by atoms with E-state index in [1.54, 1.807) is 0 Å². The summed E-state index contributed by atoms with van der Waals surface area (Å²) in [7, 11) is 0. The van der Waals surface area contributed by atoms with Gasteiger partial charge in [-0.1, -0.05) is 0 Å². The first-order valence-corrected chi connectivity index (χ1v) is 6.23. The SMILES string of the molecule is O.O.O=C([O-])CC(O)(CC(=O)[O-])C(=O)[O-].O=C([O-])CC(O)(CC(=O)[O-])C(=O)[O-].[Co+2].[Co+2].[Co]. The molecule has 187 valence electrons. The summed E-state index contributed by atoms with van der Waals surface area (Å²) in [5.41, 5.74) is -5.95. The molecule has 0 saturated carbocycles. The fourth-order valence-electron chi connectivity index (χ4n) is 1.37. The van der Waals surface area contributed by atoms with Gasteiger partial charge < -0.3 is 80.6 Å². The molecule has 0 aliphatic carbocycles. The van der Waals surface area contributed by atoms with Crippen LogP contribution in [0, 0.1) is 0 Å². The van der Waals surface area contributed by atoms with E-state index in [0.717, 1.165) is 0 Å². The zero-order chi connectivity index (χ0) is 21.3. The van der Waals surface area contributed by atoms with Gasteiger partial charge in [-0.25, -0.2) is 0 Å². The number of carboxylic acid groups (broad SMARTS) is 6. The van der Waals surface area contributed by atoms with Crippen molar-refractivity contribution in [2.75, 3.05) is 0 Å². The smallest absolute Gasteiger partial charge is 0.550 e. The van der Waals surface area contributed by atoms with Crippen LogP contribution in [-0.4, -0.2) is 68.2 Å². The molecule has 0 aliphatic rings. The van der Waals surface area contributed by atoms with Crippen LogP contribution in [0.3, 0.4) is 0 Å². The zero-order valence-corrected chi connectivity index (χ0v) is 17.7. The van der Waals surface area contributed by atoms with E-state index in [9.17, 15) is 59.4 Å². The van der Waals surface area contributed by atoms with E-state index in [-0.39, 0.29) is 61.3 Å². The number of hydrogen-bond acceptors (Lipinski definition) is 14. The first kappa shape index (κ1) is 47.1. The van der Waals surface area contributed by atoms with Gasteiger partial charge >= 0.3 is 33.6 Å². The molecule has 0 amide bonds. The zero-order valence-electron chi connectivity index (χ0n) is 14.6. The Labute approximate surface area is 203 Å². The number of rotatable bonds is 10. The Morgan fingerprint density at radius 2 is 0.645 bits per heavy atom. The summed E-state index contributed by atoms with van der Waals surface area (Å²) in [6.07, 6.45) is -5.43. The second-order valence-electron chi connectivity index (χ2n) is 4.83. The topological polar surface area (TPSA) is 344 Å². The van der Waals surface area contributed by atoms with Crippen LogP contribution in [0.15, 0.2) is 0 Å². The molecule has 0 heterocycles. The molecule has 0 bridgehead atoms. The van der Waals surface area contributed by atoms with Crippen LogP contribution in [0.2, 0.25) is 0 Å². The first-order chi connectivity index (χ1) is 11.6. The molecule has 16 nitrogen and oxygen atoms in total. The molecule has 0 aromatic carbocycles. The third-order valence-electron chi connectivity index (χ3n) is 2.51. The van der Waals surface area contributed by atoms with Crippen LogP contribution < -0.4 is 30.6 Å². The van der Waals surface area contributed by atoms with Gasteiger partial charge in [-0.05, 0) is 0 Å². The average Bonchev–Trinajstić information content (AvgIpc) is 2.34. The second kappa shape index (κ2) is 20.1. The summed E-state index contributed by atoms with van der Waals surface area (Å²) < 4.78 is 0. The Hall–Kier alpha value is -1.82. The van der Waals surface area contributed by atoms with E-state index in [4.69, 9.17) is 10.2 Å². The predicted octanol–water partition coefficient (Wildman–Crippen LogP) is -12.2. The maximum absolute atomic E-state index is 10.1. The minimum absolute atomic E-state index is 0. The minimum Gasteiger partial charge on any atom is -0.550 e. The Bertz CT molecular complexity index is 523. The van der Waals surface area contributed by atoms with Crippen LogP contribution in [0.1, 0.15) is 25.7 Å². The van der Waals surface area contributed by atoms with Crippen molar-refractivity contribution in [3.63, 3.8) is 0 Å². The van der Waals surface area contributed by atoms with E-state index >= 15 is 0 Å². The Morgan fingerprint density at radius 1 is 0.516 bits per heavy atom. The minimum atomic E-state index is -2.97. The maximum atomic E-state index is 10.1. The molecule has 6 N–H and O–H groups in total. The summed E-state index contributed by atoms with van der Waals surface area (Å²) in [5.74, 6) is -12.0. The molecular formula is C12H14Co3O16-2. The van der Waals surface area contributed by atoms with Crippen molar-refractivity contribution < 1.29 is 131 Å². The number of carboxylic acids is 6. The van der Waals surface area contributed by atoms with Gasteiger partial charge in [0.25, 0.3) is 0 Å². The molecule has 0 atom stereocenters. The molecule has 31 heavy (non-hydrogen) atoms. The van der Waals surface area contributed by atoms with Gasteiger partial charge in [-0.3, -0.25) is 0 Å². The number of carbonyl (C=O) groups excluding carboxylic acids is 6. The Balaban J connectivity index is -0.0000000640. The molecule has 19 heteroatoms. The van der Waals surface area contributed by atoms with Crippen LogP contribution in [-0.2, 0) is 79.1 Å². The fraction of sp³-hybridized carbons (Fsp3) is 0.500. The Kier molecular flexibility index (Phi) is 30.5. The largest absolute Gasteiger partial charge is 2.00 e. The van der Waals surface area contributed by atoms with E-state index in [1.807, 2.05) is 0 Å². The van der Waals surface area contributed by atoms with Crippen LogP contribution in [0.5, 0.6) is 0 Å². The van der Waals surface area contributed by atoms with E-state index in [1.165, 1.54) is 0 Å². The van der Waals surface area contributed by atoms with Crippen LogP contribution in [0.25, 0.3) is 0 Å². The van der Waals surface area contributed by atoms with Crippen LogP contribution in [0.4, 0.5) is 0 Å². The third kappa shape index (κ3) is 21.2. The van der Waals surface area contributed by atoms with Crippen molar-refractivity contribution in [2.24, 2.45) is 0 Å². The summed E-state index contributed by atoms with van der Waals surface area (Å²) in [4.78, 5) is 60.0. The molecular weight excluding hydrogens is 577 g/mol. The first-order valence-electron chi connectivity index (χ1n) is 6.23. The van der Waals surface area contributed by atoms with E-state index < -0.39 is 72.7 Å². The standard InChI is InChI=1S/2C6H8O7.3Co.2H2O/c2*7-3(8)1-6(13,5(11)12)2-4(9)10;;;;;/h2*13H,1-2H2,(H,7,8)(H,9,10)(H,11,12);;;;2*1H2/q;;;2*+2;;/p-6. The molecule has 0 fully saturated rings. The molecule has 3 radical (unpaired) electrons. The molecule has 0 aromatic heterocycles. The van der Waals surface area contributed by atoms with Crippen molar-refractivity contribution in [3.05, 3.63) is 0 Å². The third-order valence-corrected chi connectivity index (χ3v) is 2.51. The number of carbonyl (C=O) groups is 6. The van der Waals surface area contributed by atoms with Crippen molar-refractivity contribution in [3.8, 4) is 0 Å². The Morgan fingerprint density at radius 3 is 0.710 bits per heavy atom.